The van der Waals surface area contributed by atoms with Crippen LogP contribution in [0.1, 0.15) is 13.8 Å². The summed E-state index contributed by atoms with van der Waals surface area (Å²) >= 11 is 17.5. The van der Waals surface area contributed by atoms with Crippen LogP contribution in [-0.4, -0.2) is 27.0 Å². The standard InChI is InChI=1S/C5H5N.2C3H6OS2.Ni/c1-2-4-6-5-3-1;2*1-2-4-3(5)6;/h1-5H;2*2H2,1H3,(H,5,6);/q;;;+2/p-2. The summed E-state index contributed by atoms with van der Waals surface area (Å²) in [7, 11) is 0. The van der Waals surface area contributed by atoms with Crippen molar-refractivity contribution in [2.75, 3.05) is 13.2 Å². The predicted molar refractivity (Wildman–Crippen MR) is 87.4 cm³/mol. The van der Waals surface area contributed by atoms with Gasteiger partial charge in [0.05, 0.1) is 13.2 Å². The number of aromatic nitrogens is 1. The van der Waals surface area contributed by atoms with E-state index < -0.39 is 0 Å². The molecule has 0 spiro atoms. The van der Waals surface area contributed by atoms with Gasteiger partial charge in [-0.05, 0) is 26.0 Å². The monoisotopic (exact) mass is 379 g/mol. The van der Waals surface area contributed by atoms with Crippen LogP contribution in [-0.2, 0) is 51.2 Å². The zero-order valence-electron chi connectivity index (χ0n) is 10.5. The first-order valence-corrected chi connectivity index (χ1v) is 6.70. The van der Waals surface area contributed by atoms with Crippen molar-refractivity contribution in [1.29, 1.82) is 0 Å². The molecule has 3 nitrogen and oxygen atoms in total. The fraction of sp³-hybridized carbons (Fsp3) is 0.364. The van der Waals surface area contributed by atoms with Crippen LogP contribution in [0.2, 0.25) is 0 Å². The minimum absolute atomic E-state index is 0. The summed E-state index contributed by atoms with van der Waals surface area (Å²) in [5, 5.41) is 0. The van der Waals surface area contributed by atoms with Gasteiger partial charge in [-0.3, -0.25) is 4.98 Å². The molecule has 0 saturated heterocycles. The van der Waals surface area contributed by atoms with Crippen molar-refractivity contribution in [1.82, 2.24) is 4.98 Å². The van der Waals surface area contributed by atoms with Gasteiger partial charge in [0.15, 0.2) is 0 Å². The molecular weight excluding hydrogens is 365 g/mol. The van der Waals surface area contributed by atoms with Gasteiger partial charge >= 0.3 is 16.5 Å². The molecule has 110 valence electrons. The second kappa shape index (κ2) is 20.2. The maximum atomic E-state index is 4.59. The molecule has 0 aromatic carbocycles. The smallest absolute Gasteiger partial charge is 0.514 e. The van der Waals surface area contributed by atoms with E-state index in [9.17, 15) is 0 Å². The Bertz CT molecular complexity index is 272. The molecule has 19 heavy (non-hydrogen) atoms. The van der Waals surface area contributed by atoms with Crippen LogP contribution in [0.4, 0.5) is 0 Å². The number of pyridine rings is 1. The van der Waals surface area contributed by atoms with Crippen molar-refractivity contribution in [3.05, 3.63) is 30.6 Å². The SMILES string of the molecule is CCOC(=S)[S-].CCOC(=S)[S-].[Ni+2].c1ccncc1. The Morgan fingerprint density at radius 2 is 1.32 bits per heavy atom. The summed E-state index contributed by atoms with van der Waals surface area (Å²) in [4.78, 5) is 3.78. The van der Waals surface area contributed by atoms with E-state index in [2.05, 4.69) is 64.2 Å². The van der Waals surface area contributed by atoms with Crippen molar-refractivity contribution in [2.24, 2.45) is 0 Å². The summed E-state index contributed by atoms with van der Waals surface area (Å²) in [5.74, 6) is 0. The summed E-state index contributed by atoms with van der Waals surface area (Å²) in [5.41, 5.74) is 0. The molecule has 0 radical (unpaired) electrons. The van der Waals surface area contributed by atoms with Gasteiger partial charge in [0, 0.05) is 21.2 Å². The molecule has 1 rings (SSSR count). The Morgan fingerprint density at radius 1 is 0.947 bits per heavy atom. The first-order valence-electron chi connectivity index (χ1n) is 5.07. The topological polar surface area (TPSA) is 31.4 Å². The van der Waals surface area contributed by atoms with E-state index in [4.69, 9.17) is 0 Å². The quantitative estimate of drug-likeness (QED) is 0.443. The van der Waals surface area contributed by atoms with Crippen LogP contribution in [0.5, 0.6) is 0 Å². The van der Waals surface area contributed by atoms with Crippen LogP contribution in [0.25, 0.3) is 0 Å². The predicted octanol–water partition coefficient (Wildman–Crippen LogP) is 2.79. The Kier molecular flexibility index (Phi) is 25.4. The molecule has 8 heteroatoms. The molecule has 0 atom stereocenters. The van der Waals surface area contributed by atoms with Gasteiger partial charge in [0.25, 0.3) is 0 Å². The van der Waals surface area contributed by atoms with Crippen LogP contribution in [0.3, 0.4) is 0 Å². The van der Waals surface area contributed by atoms with Crippen molar-refractivity contribution in [3.8, 4) is 0 Å². The number of hydrogen-bond donors (Lipinski definition) is 0. The third kappa shape index (κ3) is 31.9. The first-order chi connectivity index (χ1) is 8.54. The maximum Gasteiger partial charge on any atom is 2.00 e. The molecule has 0 unspecified atom stereocenters. The van der Waals surface area contributed by atoms with Gasteiger partial charge in [0.1, 0.15) is 0 Å². The minimum Gasteiger partial charge on any atom is -0.514 e. The average molecular weight is 380 g/mol. The van der Waals surface area contributed by atoms with E-state index in [1.54, 1.807) is 12.4 Å². The normalized spacial score (nSPS) is 7.26. The number of hydrogen-bond acceptors (Lipinski definition) is 7. The van der Waals surface area contributed by atoms with E-state index in [1.165, 1.54) is 0 Å². The van der Waals surface area contributed by atoms with Gasteiger partial charge in [-0.2, -0.15) is 0 Å². The molecule has 0 bridgehead atoms. The molecule has 1 aromatic rings. The van der Waals surface area contributed by atoms with Gasteiger partial charge < -0.3 is 59.2 Å². The molecule has 0 saturated carbocycles. The number of rotatable bonds is 2. The number of nitrogens with zero attached hydrogens (tertiary/aromatic N) is 1. The Labute approximate surface area is 146 Å². The van der Waals surface area contributed by atoms with Gasteiger partial charge in [0.2, 0.25) is 0 Å². The molecule has 0 fully saturated rings. The largest absolute Gasteiger partial charge is 2.00 e. The van der Waals surface area contributed by atoms with Crippen molar-refractivity contribution in [2.45, 2.75) is 13.8 Å². The van der Waals surface area contributed by atoms with E-state index in [0.717, 1.165) is 0 Å². The number of ether oxygens (including phenoxy) is 2. The summed E-state index contributed by atoms with van der Waals surface area (Å²) in [6.45, 7) is 4.86. The van der Waals surface area contributed by atoms with E-state index in [0.29, 0.717) is 13.2 Å². The van der Waals surface area contributed by atoms with Crippen molar-refractivity contribution < 1.29 is 26.0 Å². The third-order valence-corrected chi connectivity index (χ3v) is 1.56. The number of thiocarbonyl (C=S) groups is 2. The molecule has 1 heterocycles. The fourth-order valence-corrected chi connectivity index (χ4v) is 1.02. The molecule has 0 N–H and O–H groups in total. The average Bonchev–Trinajstić information content (AvgIpc) is 2.32. The van der Waals surface area contributed by atoms with Crippen LogP contribution < -0.4 is 0 Å². The van der Waals surface area contributed by atoms with E-state index in [-0.39, 0.29) is 25.3 Å². The van der Waals surface area contributed by atoms with E-state index in [1.807, 2.05) is 32.0 Å². The van der Waals surface area contributed by atoms with Crippen molar-refractivity contribution in [3.63, 3.8) is 0 Å². The second-order valence-electron chi connectivity index (χ2n) is 2.39. The van der Waals surface area contributed by atoms with E-state index >= 15 is 0 Å². The first kappa shape index (κ1) is 23.9. The molecule has 1 aromatic heterocycles. The fourth-order valence-electron chi connectivity index (χ4n) is 0.548. The van der Waals surface area contributed by atoms with Gasteiger partial charge in [-0.1, -0.05) is 6.07 Å². The molecule has 0 amide bonds. The van der Waals surface area contributed by atoms with Crippen molar-refractivity contribution >= 4 is 58.5 Å². The molecular formula is C11H15NNiO2S4. The zero-order chi connectivity index (χ0) is 14.2. The molecule has 0 aliphatic heterocycles. The van der Waals surface area contributed by atoms with Gasteiger partial charge in [-0.15, -0.1) is 0 Å². The molecule has 0 aliphatic rings. The minimum atomic E-state index is 0. The summed E-state index contributed by atoms with van der Waals surface area (Å²) in [6, 6.07) is 5.72. The second-order valence-corrected chi connectivity index (χ2v) is 4.39. The van der Waals surface area contributed by atoms with Crippen LogP contribution in [0, 0.1) is 0 Å². The Hall–Kier alpha value is -0.136. The van der Waals surface area contributed by atoms with Gasteiger partial charge in [-0.25, -0.2) is 0 Å². The van der Waals surface area contributed by atoms with Crippen LogP contribution in [0.15, 0.2) is 30.6 Å². The maximum absolute atomic E-state index is 4.59. The van der Waals surface area contributed by atoms with Crippen LogP contribution >= 0.6 is 24.4 Å². The zero-order valence-corrected chi connectivity index (χ0v) is 14.8. The third-order valence-electron chi connectivity index (χ3n) is 1.09. The Balaban J connectivity index is -0.000000197. The summed E-state index contributed by atoms with van der Waals surface area (Å²) < 4.78 is 9.59. The summed E-state index contributed by atoms with van der Waals surface area (Å²) in [6.07, 6.45) is 3.50. The Morgan fingerprint density at radius 3 is 1.37 bits per heavy atom. The molecule has 0 aliphatic carbocycles.